The molecule has 1 saturated heterocycles. The lowest BCUT2D eigenvalue weighted by atomic mass is 10.0. The molecule has 8 nitrogen and oxygen atoms in total. The lowest BCUT2D eigenvalue weighted by Gasteiger charge is -2.26. The van der Waals surface area contributed by atoms with E-state index in [1.807, 2.05) is 25.1 Å². The second-order valence-electron chi connectivity index (χ2n) is 8.98. The molecule has 1 aliphatic heterocycles. The Morgan fingerprint density at radius 1 is 1.17 bits per heavy atom. The van der Waals surface area contributed by atoms with Gasteiger partial charge < -0.3 is 9.72 Å². The highest BCUT2D eigenvalue weighted by Gasteiger charge is 2.26. The van der Waals surface area contributed by atoms with Crippen LogP contribution in [0.5, 0.6) is 0 Å². The Labute approximate surface area is 209 Å². The number of thioether (sulfide) groups is 1. The van der Waals surface area contributed by atoms with Gasteiger partial charge >= 0.3 is 0 Å². The molecule has 3 heterocycles. The molecule has 0 bridgehead atoms. The number of rotatable bonds is 9. The van der Waals surface area contributed by atoms with E-state index in [0.717, 1.165) is 39.3 Å². The average molecular weight is 497 g/mol. The second kappa shape index (κ2) is 10.9. The lowest BCUT2D eigenvalue weighted by molar-refractivity contribution is 0.0368. The van der Waals surface area contributed by atoms with Gasteiger partial charge in [0.25, 0.3) is 5.56 Å². The zero-order chi connectivity index (χ0) is 25.1. The first-order valence-electron chi connectivity index (χ1n) is 12.0. The van der Waals surface area contributed by atoms with Gasteiger partial charge in [0.1, 0.15) is 0 Å². The van der Waals surface area contributed by atoms with Crippen molar-refractivity contribution < 1.29 is 14.3 Å². The van der Waals surface area contributed by atoms with E-state index in [0.29, 0.717) is 45.1 Å². The molecule has 3 aromatic rings. The van der Waals surface area contributed by atoms with E-state index in [1.165, 1.54) is 18.7 Å². The van der Waals surface area contributed by atoms with Crippen molar-refractivity contribution in [1.82, 2.24) is 19.4 Å². The number of nitrogens with one attached hydrogen (secondary N) is 1. The van der Waals surface area contributed by atoms with Crippen molar-refractivity contribution >= 4 is 34.2 Å². The highest BCUT2D eigenvalue weighted by molar-refractivity contribution is 8.00. The van der Waals surface area contributed by atoms with Crippen LogP contribution in [-0.2, 0) is 11.3 Å². The third-order valence-electron chi connectivity index (χ3n) is 6.47. The molecule has 1 atom stereocenters. The number of carbonyl (C=O) groups excluding carboxylic acids is 2. The molecule has 1 fully saturated rings. The normalized spacial score (nSPS) is 15.4. The van der Waals surface area contributed by atoms with Gasteiger partial charge in [-0.25, -0.2) is 4.98 Å². The van der Waals surface area contributed by atoms with Crippen LogP contribution in [0.3, 0.4) is 0 Å². The van der Waals surface area contributed by atoms with E-state index in [2.05, 4.69) is 9.88 Å². The highest BCUT2D eigenvalue weighted by atomic mass is 32.2. The number of fused-ring (bicyclic) bond motifs is 1. The Hall–Kier alpha value is -2.75. The predicted octanol–water partition coefficient (Wildman–Crippen LogP) is 3.63. The van der Waals surface area contributed by atoms with Crippen LogP contribution in [0.4, 0.5) is 0 Å². The molecule has 1 N–H and O–H groups in total. The standard InChI is InChI=1S/C26H32N4O4S/c1-16-22(18(3)31)17(2)27-23(16)24(32)19(4)35-26-28-21-9-6-5-8-20(21)25(33)30(26)11-7-10-29-12-14-34-15-13-29/h5-6,8-9,19,27H,7,10-15H2,1-4H3/t19-/m0/s1. The maximum atomic E-state index is 13.4. The SMILES string of the molecule is CC(=O)c1c(C)[nH]c(C(=O)[C@H](C)Sc2nc3ccccc3c(=O)n2CCCN2CCOCC2)c1C. The molecule has 0 spiro atoms. The number of para-hydroxylation sites is 1. The molecule has 0 unspecified atom stereocenters. The van der Waals surface area contributed by atoms with Crippen molar-refractivity contribution in [1.29, 1.82) is 0 Å². The smallest absolute Gasteiger partial charge is 0.262 e. The number of hydrogen-bond donors (Lipinski definition) is 1. The number of aromatic amines is 1. The Bertz CT molecular complexity index is 1310. The van der Waals surface area contributed by atoms with Gasteiger partial charge in [0.2, 0.25) is 0 Å². The fourth-order valence-electron chi connectivity index (χ4n) is 4.65. The molecular formula is C26H32N4O4S. The molecule has 0 aliphatic carbocycles. The minimum atomic E-state index is -0.495. The van der Waals surface area contributed by atoms with E-state index < -0.39 is 5.25 Å². The fraction of sp³-hybridized carbons (Fsp3) is 0.462. The van der Waals surface area contributed by atoms with Gasteiger partial charge in [-0.2, -0.15) is 0 Å². The molecule has 1 aromatic carbocycles. The summed E-state index contributed by atoms with van der Waals surface area (Å²) < 4.78 is 7.12. The Kier molecular flexibility index (Phi) is 7.88. The minimum absolute atomic E-state index is 0.0686. The minimum Gasteiger partial charge on any atom is -0.379 e. The van der Waals surface area contributed by atoms with Crippen molar-refractivity contribution in [2.45, 2.75) is 51.1 Å². The van der Waals surface area contributed by atoms with Crippen molar-refractivity contribution in [3.63, 3.8) is 0 Å². The summed E-state index contributed by atoms with van der Waals surface area (Å²) in [7, 11) is 0. The summed E-state index contributed by atoms with van der Waals surface area (Å²) in [4.78, 5) is 48.9. The Balaban J connectivity index is 1.60. The summed E-state index contributed by atoms with van der Waals surface area (Å²) in [6.07, 6.45) is 0.798. The summed E-state index contributed by atoms with van der Waals surface area (Å²) in [5.74, 6) is -0.189. The third kappa shape index (κ3) is 5.42. The summed E-state index contributed by atoms with van der Waals surface area (Å²) in [5.41, 5.74) is 2.89. The topological polar surface area (TPSA) is 97.3 Å². The zero-order valence-electron chi connectivity index (χ0n) is 20.7. The predicted molar refractivity (Wildman–Crippen MR) is 138 cm³/mol. The molecule has 0 saturated carbocycles. The average Bonchev–Trinajstić information content (AvgIpc) is 3.15. The first kappa shape index (κ1) is 25.3. The number of H-pyrrole nitrogens is 1. The number of ketones is 2. The van der Waals surface area contributed by atoms with Crippen LogP contribution < -0.4 is 5.56 Å². The van der Waals surface area contributed by atoms with Gasteiger partial charge in [-0.05, 0) is 51.8 Å². The summed E-state index contributed by atoms with van der Waals surface area (Å²) in [5, 5.41) is 0.610. The van der Waals surface area contributed by atoms with Crippen LogP contribution in [0.1, 0.15) is 52.4 Å². The van der Waals surface area contributed by atoms with E-state index in [4.69, 9.17) is 9.72 Å². The number of Topliss-reactive ketones (excluding diaryl/α,β-unsaturated/α-hetero) is 2. The van der Waals surface area contributed by atoms with Crippen LogP contribution in [0, 0.1) is 13.8 Å². The molecule has 4 rings (SSSR count). The van der Waals surface area contributed by atoms with Gasteiger partial charge in [-0.1, -0.05) is 23.9 Å². The summed E-state index contributed by atoms with van der Waals surface area (Å²) >= 11 is 1.28. The summed E-state index contributed by atoms with van der Waals surface area (Å²) in [6, 6.07) is 7.31. The maximum Gasteiger partial charge on any atom is 0.262 e. The van der Waals surface area contributed by atoms with Gasteiger partial charge in [-0.15, -0.1) is 0 Å². The van der Waals surface area contributed by atoms with Gasteiger partial charge in [-0.3, -0.25) is 23.9 Å². The molecule has 1 aliphatic rings. The van der Waals surface area contributed by atoms with Gasteiger partial charge in [0.15, 0.2) is 16.7 Å². The first-order chi connectivity index (χ1) is 16.8. The van der Waals surface area contributed by atoms with Gasteiger partial charge in [0.05, 0.1) is 35.1 Å². The Morgan fingerprint density at radius 2 is 1.89 bits per heavy atom. The number of carbonyl (C=O) groups is 2. The number of aromatic nitrogens is 3. The molecule has 2 aromatic heterocycles. The summed E-state index contributed by atoms with van der Waals surface area (Å²) in [6.45, 7) is 11.6. The van der Waals surface area contributed by atoms with Crippen LogP contribution in [0.15, 0.2) is 34.2 Å². The second-order valence-corrected chi connectivity index (χ2v) is 10.3. The zero-order valence-corrected chi connectivity index (χ0v) is 21.5. The number of ether oxygens (including phenoxy) is 1. The monoisotopic (exact) mass is 496 g/mol. The third-order valence-corrected chi connectivity index (χ3v) is 7.56. The largest absolute Gasteiger partial charge is 0.379 e. The van der Waals surface area contributed by atoms with Crippen molar-refractivity contribution in [2.75, 3.05) is 32.8 Å². The molecule has 0 radical (unpaired) electrons. The Morgan fingerprint density at radius 3 is 2.57 bits per heavy atom. The van der Waals surface area contributed by atoms with E-state index in [1.54, 1.807) is 24.5 Å². The number of hydrogen-bond acceptors (Lipinski definition) is 7. The number of aryl methyl sites for hydroxylation is 1. The van der Waals surface area contributed by atoms with Crippen LogP contribution in [-0.4, -0.2) is 69.1 Å². The maximum absolute atomic E-state index is 13.4. The van der Waals surface area contributed by atoms with Crippen LogP contribution in [0.2, 0.25) is 0 Å². The lowest BCUT2D eigenvalue weighted by Crippen LogP contribution is -2.37. The van der Waals surface area contributed by atoms with Gasteiger partial charge in [0, 0.05) is 37.4 Å². The van der Waals surface area contributed by atoms with E-state index >= 15 is 0 Å². The first-order valence-corrected chi connectivity index (χ1v) is 12.9. The van der Waals surface area contributed by atoms with E-state index in [9.17, 15) is 14.4 Å². The molecule has 186 valence electrons. The number of nitrogens with zero attached hydrogens (tertiary/aromatic N) is 3. The fourth-order valence-corrected chi connectivity index (χ4v) is 5.65. The van der Waals surface area contributed by atoms with Crippen molar-refractivity contribution in [3.8, 4) is 0 Å². The van der Waals surface area contributed by atoms with Crippen LogP contribution in [0.25, 0.3) is 10.9 Å². The quantitative estimate of drug-likeness (QED) is 0.274. The molecular weight excluding hydrogens is 464 g/mol. The molecule has 35 heavy (non-hydrogen) atoms. The molecule has 0 amide bonds. The number of morpholine rings is 1. The highest BCUT2D eigenvalue weighted by Crippen LogP contribution is 2.28. The van der Waals surface area contributed by atoms with Crippen LogP contribution >= 0.6 is 11.8 Å². The number of benzene rings is 1. The van der Waals surface area contributed by atoms with Crippen molar-refractivity contribution in [2.24, 2.45) is 0 Å². The molecule has 9 heteroatoms. The van der Waals surface area contributed by atoms with Crippen molar-refractivity contribution in [3.05, 3.63) is 57.1 Å². The van der Waals surface area contributed by atoms with E-state index in [-0.39, 0.29) is 17.1 Å².